The lowest BCUT2D eigenvalue weighted by atomic mass is 9.98. The summed E-state index contributed by atoms with van der Waals surface area (Å²) in [6, 6.07) is 14.3. The minimum atomic E-state index is -0.755. The molecule has 2 aromatic heterocycles. The van der Waals surface area contributed by atoms with Gasteiger partial charge in [0.1, 0.15) is 28.6 Å². The number of rotatable bonds is 6. The van der Waals surface area contributed by atoms with Crippen LogP contribution in [-0.2, 0) is 7.05 Å². The highest BCUT2D eigenvalue weighted by Gasteiger charge is 2.35. The average molecular weight is 534 g/mol. The molecule has 0 aliphatic carbocycles. The van der Waals surface area contributed by atoms with Gasteiger partial charge in [-0.15, -0.1) is 0 Å². The number of hydrogen-bond donors (Lipinski definition) is 2. The maximum Gasteiger partial charge on any atom is 0.265 e. The van der Waals surface area contributed by atoms with Crippen LogP contribution in [0.4, 0.5) is 20.2 Å². The van der Waals surface area contributed by atoms with Gasteiger partial charge in [-0.1, -0.05) is 24.3 Å². The number of aromatic nitrogens is 3. The molecule has 3 heterocycles. The zero-order valence-corrected chi connectivity index (χ0v) is 21.9. The molecule has 10 heteroatoms. The second kappa shape index (κ2) is 10.4. The number of aryl methyl sites for hydroxylation is 1. The number of carbonyl (C=O) groups is 1. The van der Waals surface area contributed by atoms with Gasteiger partial charge in [0.2, 0.25) is 0 Å². The monoisotopic (exact) mass is 533 g/mol. The molecule has 2 N–H and O–H groups in total. The summed E-state index contributed by atoms with van der Waals surface area (Å²) in [6.07, 6.45) is 2.16. The van der Waals surface area contributed by atoms with Gasteiger partial charge in [-0.25, -0.2) is 8.78 Å². The fourth-order valence-electron chi connectivity index (χ4n) is 5.21. The molecule has 39 heavy (non-hydrogen) atoms. The first kappa shape index (κ1) is 26.1. The first-order valence-electron chi connectivity index (χ1n) is 12.7. The van der Waals surface area contributed by atoms with Gasteiger partial charge in [0, 0.05) is 50.0 Å². The molecule has 0 radical (unpaired) electrons. The molecule has 1 saturated heterocycles. The SMILES string of the molecule is CC(C)N(c1ccccc1)c1c(-c2ccn(C)n2)[nH]c(=O)c(C(=O)N2CCC(c3ccc(F)cc3F)C2)c1O. The third-order valence-corrected chi connectivity index (χ3v) is 7.02. The molecule has 1 aliphatic rings. The molecular weight excluding hydrogens is 504 g/mol. The van der Waals surface area contributed by atoms with Gasteiger partial charge < -0.3 is 19.9 Å². The molecule has 202 valence electrons. The number of halogens is 2. The van der Waals surface area contributed by atoms with Crippen LogP contribution in [0.5, 0.6) is 5.75 Å². The van der Waals surface area contributed by atoms with Crippen molar-refractivity contribution in [2.75, 3.05) is 18.0 Å². The van der Waals surface area contributed by atoms with Crippen LogP contribution >= 0.6 is 0 Å². The molecule has 4 aromatic rings. The first-order valence-corrected chi connectivity index (χ1v) is 12.7. The Balaban J connectivity index is 1.60. The zero-order valence-electron chi connectivity index (χ0n) is 21.9. The summed E-state index contributed by atoms with van der Waals surface area (Å²) >= 11 is 0. The normalized spacial score (nSPS) is 15.2. The number of aromatic hydroxyl groups is 1. The summed E-state index contributed by atoms with van der Waals surface area (Å²) in [5.74, 6) is -2.83. The molecule has 1 amide bonds. The lowest BCUT2D eigenvalue weighted by molar-refractivity contribution is 0.0785. The Hall–Kier alpha value is -4.47. The van der Waals surface area contributed by atoms with Crippen molar-refractivity contribution in [3.05, 3.63) is 93.9 Å². The molecular formula is C29H29F2N5O3. The summed E-state index contributed by atoms with van der Waals surface area (Å²) in [5, 5.41) is 16.1. The van der Waals surface area contributed by atoms with Gasteiger partial charge in [-0.3, -0.25) is 14.3 Å². The van der Waals surface area contributed by atoms with Crippen molar-refractivity contribution >= 4 is 17.3 Å². The van der Waals surface area contributed by atoms with Crippen LogP contribution in [0.1, 0.15) is 42.1 Å². The van der Waals surface area contributed by atoms with Crippen LogP contribution in [0, 0.1) is 11.6 Å². The minimum Gasteiger partial charge on any atom is -0.505 e. The minimum absolute atomic E-state index is 0.129. The topological polar surface area (TPSA) is 94.5 Å². The van der Waals surface area contributed by atoms with E-state index < -0.39 is 34.4 Å². The van der Waals surface area contributed by atoms with Gasteiger partial charge in [0.15, 0.2) is 5.75 Å². The molecule has 8 nitrogen and oxygen atoms in total. The number of likely N-dealkylation sites (tertiary alicyclic amines) is 1. The summed E-state index contributed by atoms with van der Waals surface area (Å²) in [4.78, 5) is 33.1. The number of hydrogen-bond acceptors (Lipinski definition) is 5. The van der Waals surface area contributed by atoms with Crippen molar-refractivity contribution in [1.29, 1.82) is 0 Å². The number of carbonyl (C=O) groups excluding carboxylic acids is 1. The van der Waals surface area contributed by atoms with E-state index in [-0.39, 0.29) is 36.4 Å². The fourth-order valence-corrected chi connectivity index (χ4v) is 5.21. The largest absolute Gasteiger partial charge is 0.505 e. The molecule has 5 rings (SSSR count). The van der Waals surface area contributed by atoms with E-state index in [9.17, 15) is 23.5 Å². The van der Waals surface area contributed by atoms with Crippen LogP contribution in [0.25, 0.3) is 11.4 Å². The van der Waals surface area contributed by atoms with Crippen molar-refractivity contribution in [2.45, 2.75) is 32.2 Å². The molecule has 1 atom stereocenters. The standard InChI is InChI=1S/C29H29F2N5O3/c1-17(2)36(20-7-5-4-6-8-20)26-25(23-12-13-34(3)33-23)32-28(38)24(27(26)37)29(39)35-14-11-18(16-35)21-10-9-19(30)15-22(21)31/h4-10,12-13,15,17-18H,11,14,16H2,1-3H3,(H2,32,37,38). The van der Waals surface area contributed by atoms with Gasteiger partial charge in [-0.2, -0.15) is 5.10 Å². The number of nitrogens with one attached hydrogen (secondary N) is 1. The van der Waals surface area contributed by atoms with Crippen LogP contribution in [0.15, 0.2) is 65.6 Å². The van der Waals surface area contributed by atoms with E-state index in [0.29, 0.717) is 17.7 Å². The van der Waals surface area contributed by atoms with E-state index in [1.165, 1.54) is 17.0 Å². The van der Waals surface area contributed by atoms with Crippen LogP contribution in [0.2, 0.25) is 0 Å². The number of H-pyrrole nitrogens is 1. The maximum absolute atomic E-state index is 14.4. The highest BCUT2D eigenvalue weighted by atomic mass is 19.1. The number of nitrogens with zero attached hydrogens (tertiary/aromatic N) is 4. The number of aromatic amines is 1. The summed E-state index contributed by atoms with van der Waals surface area (Å²) < 4.78 is 29.4. The summed E-state index contributed by atoms with van der Waals surface area (Å²) in [5.41, 5.74) is 0.859. The fraction of sp³-hybridized carbons (Fsp3) is 0.276. The lowest BCUT2D eigenvalue weighted by Crippen LogP contribution is -2.35. The van der Waals surface area contributed by atoms with Crippen molar-refractivity contribution in [1.82, 2.24) is 19.7 Å². The van der Waals surface area contributed by atoms with E-state index in [0.717, 1.165) is 11.8 Å². The van der Waals surface area contributed by atoms with E-state index in [1.807, 2.05) is 49.1 Å². The highest BCUT2D eigenvalue weighted by Crippen LogP contribution is 2.42. The van der Waals surface area contributed by atoms with Crippen LogP contribution in [-0.4, -0.2) is 49.8 Å². The molecule has 1 fully saturated rings. The second-order valence-electron chi connectivity index (χ2n) is 9.98. The molecule has 2 aromatic carbocycles. The number of pyridine rings is 1. The molecule has 0 spiro atoms. The zero-order chi connectivity index (χ0) is 27.8. The molecule has 1 aliphatic heterocycles. The van der Waals surface area contributed by atoms with Crippen molar-refractivity contribution in [3.63, 3.8) is 0 Å². The Morgan fingerprint density at radius 1 is 1.15 bits per heavy atom. The van der Waals surface area contributed by atoms with E-state index in [1.54, 1.807) is 24.0 Å². The number of amides is 1. The van der Waals surface area contributed by atoms with Crippen molar-refractivity contribution < 1.29 is 18.7 Å². The predicted octanol–water partition coefficient (Wildman–Crippen LogP) is 4.94. The van der Waals surface area contributed by atoms with Crippen molar-refractivity contribution in [2.24, 2.45) is 7.05 Å². The number of anilines is 2. The Labute approximate surface area is 224 Å². The second-order valence-corrected chi connectivity index (χ2v) is 9.98. The van der Waals surface area contributed by atoms with E-state index >= 15 is 0 Å². The van der Waals surface area contributed by atoms with Gasteiger partial charge in [0.05, 0.1) is 5.69 Å². The van der Waals surface area contributed by atoms with E-state index in [2.05, 4.69) is 10.1 Å². The van der Waals surface area contributed by atoms with Gasteiger partial charge >= 0.3 is 0 Å². The first-order chi connectivity index (χ1) is 18.7. The number of benzene rings is 2. The quantitative estimate of drug-likeness (QED) is 0.366. The smallest absolute Gasteiger partial charge is 0.265 e. The van der Waals surface area contributed by atoms with Crippen LogP contribution < -0.4 is 10.5 Å². The molecule has 0 bridgehead atoms. The van der Waals surface area contributed by atoms with Crippen LogP contribution in [0.3, 0.4) is 0 Å². The Morgan fingerprint density at radius 2 is 1.90 bits per heavy atom. The number of para-hydroxylation sites is 1. The molecule has 0 saturated carbocycles. The summed E-state index contributed by atoms with van der Waals surface area (Å²) in [7, 11) is 1.74. The lowest BCUT2D eigenvalue weighted by Gasteiger charge is -2.31. The Morgan fingerprint density at radius 3 is 2.54 bits per heavy atom. The van der Waals surface area contributed by atoms with Gasteiger partial charge in [0.25, 0.3) is 11.5 Å². The average Bonchev–Trinajstić information content (AvgIpc) is 3.55. The summed E-state index contributed by atoms with van der Waals surface area (Å²) in [6.45, 7) is 4.25. The highest BCUT2D eigenvalue weighted by molar-refractivity contribution is 6.01. The van der Waals surface area contributed by atoms with Gasteiger partial charge in [-0.05, 0) is 50.1 Å². The maximum atomic E-state index is 14.4. The van der Waals surface area contributed by atoms with E-state index in [4.69, 9.17) is 0 Å². The van der Waals surface area contributed by atoms with Crippen molar-refractivity contribution in [3.8, 4) is 17.1 Å². The predicted molar refractivity (Wildman–Crippen MR) is 144 cm³/mol. The molecule has 1 unspecified atom stereocenters. The Kier molecular flexibility index (Phi) is 6.94. The Bertz CT molecular complexity index is 1580. The third-order valence-electron chi connectivity index (χ3n) is 7.02. The third kappa shape index (κ3) is 4.89.